The zero-order chi connectivity index (χ0) is 14.8. The number of carbonyl (C=O) groups excluding carboxylic acids is 1. The van der Waals surface area contributed by atoms with Crippen LogP contribution >= 0.6 is 0 Å². The van der Waals surface area contributed by atoms with E-state index in [9.17, 15) is 14.0 Å². The van der Waals surface area contributed by atoms with Crippen LogP contribution in [0.4, 0.5) is 10.1 Å². The molecular weight excluding hydrogens is 273 g/mol. The van der Waals surface area contributed by atoms with Crippen LogP contribution in [0.25, 0.3) is 10.8 Å². The molecule has 104 valence electrons. The number of rotatable bonds is 2. The fourth-order valence-electron chi connectivity index (χ4n) is 1.97. The molecule has 1 aromatic heterocycles. The number of hydrogen-bond donors (Lipinski definition) is 1. The van der Waals surface area contributed by atoms with Gasteiger partial charge in [-0.2, -0.15) is 0 Å². The number of benzene rings is 2. The lowest BCUT2D eigenvalue weighted by molar-refractivity contribution is 0.0993. The molecule has 0 atom stereocenters. The number of hydrogen-bond acceptors (Lipinski definition) is 3. The van der Waals surface area contributed by atoms with Crippen molar-refractivity contribution in [3.8, 4) is 0 Å². The largest absolute Gasteiger partial charge is 0.417 e. The fourth-order valence-corrected chi connectivity index (χ4v) is 1.97. The van der Waals surface area contributed by atoms with Crippen LogP contribution in [0.1, 0.15) is 10.6 Å². The van der Waals surface area contributed by atoms with E-state index in [0.717, 1.165) is 0 Å². The van der Waals surface area contributed by atoms with E-state index in [0.29, 0.717) is 16.5 Å². The lowest BCUT2D eigenvalue weighted by atomic mass is 10.1. The Kier molecular flexibility index (Phi) is 3.23. The smallest absolute Gasteiger partial charge is 0.344 e. The van der Waals surface area contributed by atoms with Crippen molar-refractivity contribution in [2.24, 2.45) is 0 Å². The van der Waals surface area contributed by atoms with Crippen molar-refractivity contribution >= 4 is 22.4 Å². The minimum absolute atomic E-state index is 0.0944. The molecule has 3 rings (SSSR count). The highest BCUT2D eigenvalue weighted by Crippen LogP contribution is 2.14. The van der Waals surface area contributed by atoms with Gasteiger partial charge >= 0.3 is 5.63 Å². The Balaban J connectivity index is 1.94. The van der Waals surface area contributed by atoms with Gasteiger partial charge in [-0.1, -0.05) is 18.2 Å². The van der Waals surface area contributed by atoms with Gasteiger partial charge in [0.05, 0.1) is 5.39 Å². The fraction of sp³-hybridized carbons (Fsp3) is 0. The average molecular weight is 283 g/mol. The average Bonchev–Trinajstić information content (AvgIpc) is 2.49. The molecule has 0 fully saturated rings. The Hall–Kier alpha value is -2.95. The van der Waals surface area contributed by atoms with Crippen LogP contribution in [0.2, 0.25) is 0 Å². The monoisotopic (exact) mass is 283 g/mol. The summed E-state index contributed by atoms with van der Waals surface area (Å²) in [4.78, 5) is 23.9. The van der Waals surface area contributed by atoms with Crippen molar-refractivity contribution in [3.05, 3.63) is 76.6 Å². The quantitative estimate of drug-likeness (QED) is 0.785. The highest BCUT2D eigenvalue weighted by molar-refractivity contribution is 6.03. The number of amides is 1. The summed E-state index contributed by atoms with van der Waals surface area (Å²) in [6.07, 6.45) is 0. The van der Waals surface area contributed by atoms with Crippen LogP contribution in [0.15, 0.2) is 63.8 Å². The van der Waals surface area contributed by atoms with Gasteiger partial charge in [-0.3, -0.25) is 4.79 Å². The topological polar surface area (TPSA) is 59.3 Å². The molecule has 0 aliphatic carbocycles. The van der Waals surface area contributed by atoms with E-state index in [-0.39, 0.29) is 5.76 Å². The molecule has 0 radical (unpaired) electrons. The summed E-state index contributed by atoms with van der Waals surface area (Å²) >= 11 is 0. The molecule has 0 bridgehead atoms. The summed E-state index contributed by atoms with van der Waals surface area (Å²) in [6.45, 7) is 0. The molecule has 0 aliphatic heterocycles. The molecule has 21 heavy (non-hydrogen) atoms. The predicted octanol–water partition coefficient (Wildman–Crippen LogP) is 3.18. The third-order valence-corrected chi connectivity index (χ3v) is 3.00. The molecule has 1 heterocycles. The third-order valence-electron chi connectivity index (χ3n) is 3.00. The van der Waals surface area contributed by atoms with Crippen molar-refractivity contribution < 1.29 is 13.6 Å². The molecule has 1 amide bonds. The van der Waals surface area contributed by atoms with Crippen LogP contribution in [-0.2, 0) is 0 Å². The van der Waals surface area contributed by atoms with E-state index in [2.05, 4.69) is 5.32 Å². The van der Waals surface area contributed by atoms with Gasteiger partial charge in [0.25, 0.3) is 5.91 Å². The van der Waals surface area contributed by atoms with Gasteiger partial charge in [-0.25, -0.2) is 9.18 Å². The Bertz CT molecular complexity index is 869. The van der Waals surface area contributed by atoms with Crippen molar-refractivity contribution in [3.63, 3.8) is 0 Å². The van der Waals surface area contributed by atoms with E-state index in [1.54, 1.807) is 24.3 Å². The lowest BCUT2D eigenvalue weighted by Crippen LogP contribution is -2.14. The SMILES string of the molecule is O=C(Nc1ccc(F)cc1)c1cc2ccccc2c(=O)o1. The second-order valence-corrected chi connectivity index (χ2v) is 4.45. The summed E-state index contributed by atoms with van der Waals surface area (Å²) in [5.41, 5.74) is -0.158. The van der Waals surface area contributed by atoms with Crippen molar-refractivity contribution in [1.29, 1.82) is 0 Å². The number of anilines is 1. The summed E-state index contributed by atoms with van der Waals surface area (Å²) in [7, 11) is 0. The normalized spacial score (nSPS) is 10.5. The van der Waals surface area contributed by atoms with E-state index in [4.69, 9.17) is 4.42 Å². The van der Waals surface area contributed by atoms with Crippen molar-refractivity contribution in [2.45, 2.75) is 0 Å². The van der Waals surface area contributed by atoms with Gasteiger partial charge in [-0.15, -0.1) is 0 Å². The maximum Gasteiger partial charge on any atom is 0.344 e. The van der Waals surface area contributed by atoms with Crippen molar-refractivity contribution in [2.75, 3.05) is 5.32 Å². The first-order chi connectivity index (χ1) is 10.1. The molecule has 0 spiro atoms. The molecule has 0 aliphatic rings. The molecule has 0 saturated carbocycles. The number of halogens is 1. The number of carbonyl (C=O) groups is 1. The lowest BCUT2D eigenvalue weighted by Gasteiger charge is -2.05. The third kappa shape index (κ3) is 2.67. The van der Waals surface area contributed by atoms with Crippen LogP contribution in [0, 0.1) is 5.82 Å². The Morgan fingerprint density at radius 2 is 1.76 bits per heavy atom. The molecule has 3 aromatic rings. The Morgan fingerprint density at radius 1 is 1.05 bits per heavy atom. The van der Waals surface area contributed by atoms with Gasteiger partial charge in [0.2, 0.25) is 0 Å². The standard InChI is InChI=1S/C16H10FNO3/c17-11-5-7-12(8-6-11)18-15(19)14-9-10-3-1-2-4-13(10)16(20)21-14/h1-9H,(H,18,19). The van der Waals surface area contributed by atoms with Crippen molar-refractivity contribution in [1.82, 2.24) is 0 Å². The maximum absolute atomic E-state index is 12.8. The minimum Gasteiger partial charge on any atom is -0.417 e. The Morgan fingerprint density at radius 3 is 2.52 bits per heavy atom. The maximum atomic E-state index is 12.8. The van der Waals surface area contributed by atoms with Gasteiger partial charge < -0.3 is 9.73 Å². The van der Waals surface area contributed by atoms with Crippen LogP contribution in [-0.4, -0.2) is 5.91 Å². The van der Waals surface area contributed by atoms with Gasteiger partial charge in [0.15, 0.2) is 5.76 Å². The molecule has 0 saturated heterocycles. The zero-order valence-corrected chi connectivity index (χ0v) is 10.8. The van der Waals surface area contributed by atoms with Gasteiger partial charge in [-0.05, 0) is 41.8 Å². The number of fused-ring (bicyclic) bond motifs is 1. The highest BCUT2D eigenvalue weighted by Gasteiger charge is 2.12. The summed E-state index contributed by atoms with van der Waals surface area (Å²) in [6, 6.07) is 13.6. The molecular formula is C16H10FNO3. The number of nitrogens with one attached hydrogen (secondary N) is 1. The van der Waals surface area contributed by atoms with E-state index < -0.39 is 17.3 Å². The molecule has 4 nitrogen and oxygen atoms in total. The summed E-state index contributed by atoms with van der Waals surface area (Å²) in [5, 5.41) is 3.58. The van der Waals surface area contributed by atoms with E-state index in [1.807, 2.05) is 0 Å². The summed E-state index contributed by atoms with van der Waals surface area (Å²) in [5.74, 6) is -1.06. The molecule has 2 aromatic carbocycles. The second-order valence-electron chi connectivity index (χ2n) is 4.45. The van der Waals surface area contributed by atoms with Gasteiger partial charge in [0.1, 0.15) is 5.82 Å². The first-order valence-electron chi connectivity index (χ1n) is 6.23. The van der Waals surface area contributed by atoms with Crippen LogP contribution < -0.4 is 10.9 Å². The molecule has 5 heteroatoms. The van der Waals surface area contributed by atoms with Crippen LogP contribution in [0.3, 0.4) is 0 Å². The first kappa shape index (κ1) is 13.1. The second kappa shape index (κ2) is 5.20. The first-order valence-corrected chi connectivity index (χ1v) is 6.23. The Labute approximate surface area is 118 Å². The van der Waals surface area contributed by atoms with E-state index in [1.165, 1.54) is 30.3 Å². The molecule has 0 unspecified atom stereocenters. The highest BCUT2D eigenvalue weighted by atomic mass is 19.1. The predicted molar refractivity (Wildman–Crippen MR) is 76.8 cm³/mol. The summed E-state index contributed by atoms with van der Waals surface area (Å²) < 4.78 is 17.8. The minimum atomic E-state index is -0.572. The zero-order valence-electron chi connectivity index (χ0n) is 10.8. The van der Waals surface area contributed by atoms with E-state index >= 15 is 0 Å². The molecule has 1 N–H and O–H groups in total. The van der Waals surface area contributed by atoms with Gasteiger partial charge in [0, 0.05) is 5.69 Å². The van der Waals surface area contributed by atoms with Crippen LogP contribution in [0.5, 0.6) is 0 Å².